The number of benzene rings is 1. The number of thiol groups is 1. The Morgan fingerprint density at radius 1 is 1.18 bits per heavy atom. The first-order valence-corrected chi connectivity index (χ1v) is 6.21. The molecule has 0 spiro atoms. The van der Waals surface area contributed by atoms with Crippen LogP contribution < -0.4 is 4.90 Å². The summed E-state index contributed by atoms with van der Waals surface area (Å²) in [6, 6.07) is 3.91. The molecule has 1 nitrogen and oxygen atoms in total. The molecule has 2 rings (SSSR count). The third-order valence-corrected chi connectivity index (χ3v) is 3.37. The highest BCUT2D eigenvalue weighted by Gasteiger charge is 2.31. The molecular formula is C12H14F3NS. The van der Waals surface area contributed by atoms with Crippen LogP contribution in [-0.4, -0.2) is 13.1 Å². The van der Waals surface area contributed by atoms with E-state index in [2.05, 4.69) is 12.6 Å². The fraction of sp³-hybridized carbons (Fsp3) is 0.500. The number of hydrogen-bond donors (Lipinski definition) is 1. The van der Waals surface area contributed by atoms with E-state index in [1.54, 1.807) is 0 Å². The minimum atomic E-state index is -4.27. The molecule has 1 aromatic carbocycles. The molecule has 0 atom stereocenters. The van der Waals surface area contributed by atoms with Gasteiger partial charge in [0.05, 0.1) is 5.56 Å². The topological polar surface area (TPSA) is 3.24 Å². The maximum Gasteiger partial charge on any atom is 0.416 e. The zero-order valence-corrected chi connectivity index (χ0v) is 10.2. The molecule has 1 fully saturated rings. The van der Waals surface area contributed by atoms with Crippen LogP contribution in [0.5, 0.6) is 0 Å². The highest BCUT2D eigenvalue weighted by Crippen LogP contribution is 2.35. The molecule has 1 aliphatic rings. The standard InChI is InChI=1S/C12H14F3NS/c13-12(14,15)10-4-3-9(8-17)11(7-10)16-5-1-2-6-16/h3-4,7,17H,1-2,5-6,8H2. The molecule has 1 heterocycles. The smallest absolute Gasteiger partial charge is 0.371 e. The van der Waals surface area contributed by atoms with Gasteiger partial charge in [-0.2, -0.15) is 25.8 Å². The van der Waals surface area contributed by atoms with Gasteiger partial charge in [0.1, 0.15) is 0 Å². The minimum absolute atomic E-state index is 0.462. The van der Waals surface area contributed by atoms with Crippen molar-refractivity contribution < 1.29 is 13.2 Å². The predicted molar refractivity (Wildman–Crippen MR) is 65.6 cm³/mol. The van der Waals surface area contributed by atoms with Gasteiger partial charge in [0.2, 0.25) is 0 Å². The molecular weight excluding hydrogens is 247 g/mol. The van der Waals surface area contributed by atoms with Crippen LogP contribution in [0.1, 0.15) is 24.0 Å². The van der Waals surface area contributed by atoms with Crippen molar-refractivity contribution in [3.05, 3.63) is 29.3 Å². The van der Waals surface area contributed by atoms with Gasteiger partial charge in [0, 0.05) is 24.5 Å². The molecule has 0 saturated carbocycles. The number of hydrogen-bond acceptors (Lipinski definition) is 2. The van der Waals surface area contributed by atoms with E-state index in [9.17, 15) is 13.2 Å². The molecule has 94 valence electrons. The molecule has 0 aliphatic carbocycles. The van der Waals surface area contributed by atoms with Crippen LogP contribution in [0, 0.1) is 0 Å². The zero-order valence-electron chi connectivity index (χ0n) is 9.30. The van der Waals surface area contributed by atoms with E-state index in [4.69, 9.17) is 0 Å². The summed E-state index contributed by atoms with van der Waals surface area (Å²) in [5.74, 6) is 0.462. The molecule has 0 unspecified atom stereocenters. The molecule has 17 heavy (non-hydrogen) atoms. The molecule has 0 bridgehead atoms. The van der Waals surface area contributed by atoms with Gasteiger partial charge in [-0.15, -0.1) is 0 Å². The Morgan fingerprint density at radius 3 is 2.35 bits per heavy atom. The van der Waals surface area contributed by atoms with Crippen molar-refractivity contribution in [1.29, 1.82) is 0 Å². The van der Waals surface area contributed by atoms with Crippen molar-refractivity contribution in [2.24, 2.45) is 0 Å². The van der Waals surface area contributed by atoms with Crippen molar-refractivity contribution in [3.8, 4) is 0 Å². The Labute approximate surface area is 104 Å². The average molecular weight is 261 g/mol. The summed E-state index contributed by atoms with van der Waals surface area (Å²) >= 11 is 4.17. The first-order chi connectivity index (χ1) is 8.02. The van der Waals surface area contributed by atoms with Crippen molar-refractivity contribution in [3.63, 3.8) is 0 Å². The summed E-state index contributed by atoms with van der Waals surface area (Å²) in [7, 11) is 0. The third-order valence-electron chi connectivity index (χ3n) is 3.03. The monoisotopic (exact) mass is 261 g/mol. The van der Waals surface area contributed by atoms with Gasteiger partial charge in [0.15, 0.2) is 0 Å². The number of rotatable bonds is 2. The molecule has 0 radical (unpaired) electrons. The fourth-order valence-electron chi connectivity index (χ4n) is 2.13. The van der Waals surface area contributed by atoms with E-state index in [0.717, 1.165) is 37.6 Å². The maximum atomic E-state index is 12.7. The van der Waals surface area contributed by atoms with Gasteiger partial charge in [-0.05, 0) is 30.5 Å². The molecule has 1 saturated heterocycles. The lowest BCUT2D eigenvalue weighted by atomic mass is 10.1. The SMILES string of the molecule is FC(F)(F)c1ccc(CS)c(N2CCCC2)c1. The average Bonchev–Trinajstić information content (AvgIpc) is 2.80. The summed E-state index contributed by atoms with van der Waals surface area (Å²) in [4.78, 5) is 2.01. The lowest BCUT2D eigenvalue weighted by Gasteiger charge is -2.22. The summed E-state index contributed by atoms with van der Waals surface area (Å²) in [5.41, 5.74) is 0.973. The van der Waals surface area contributed by atoms with E-state index in [-0.39, 0.29) is 0 Å². The van der Waals surface area contributed by atoms with Gasteiger partial charge >= 0.3 is 6.18 Å². The lowest BCUT2D eigenvalue weighted by molar-refractivity contribution is -0.137. The lowest BCUT2D eigenvalue weighted by Crippen LogP contribution is -2.20. The largest absolute Gasteiger partial charge is 0.416 e. The van der Waals surface area contributed by atoms with Gasteiger partial charge in [-0.3, -0.25) is 0 Å². The summed E-state index contributed by atoms with van der Waals surface area (Å²) in [6.45, 7) is 1.67. The zero-order chi connectivity index (χ0) is 12.5. The molecule has 1 aromatic rings. The van der Waals surface area contributed by atoms with Crippen LogP contribution in [0.2, 0.25) is 0 Å². The quantitative estimate of drug-likeness (QED) is 0.794. The fourth-order valence-corrected chi connectivity index (χ4v) is 2.39. The Kier molecular flexibility index (Phi) is 3.56. The first-order valence-electron chi connectivity index (χ1n) is 5.58. The number of alkyl halides is 3. The second kappa shape index (κ2) is 4.80. The maximum absolute atomic E-state index is 12.7. The Hall–Kier alpha value is -0.840. The predicted octanol–water partition coefficient (Wildman–Crippen LogP) is 3.74. The van der Waals surface area contributed by atoms with E-state index >= 15 is 0 Å². The Morgan fingerprint density at radius 2 is 1.82 bits per heavy atom. The van der Waals surface area contributed by atoms with Gasteiger partial charge in [-0.25, -0.2) is 0 Å². The highest BCUT2D eigenvalue weighted by atomic mass is 32.1. The van der Waals surface area contributed by atoms with Crippen LogP contribution >= 0.6 is 12.6 Å². The summed E-state index contributed by atoms with van der Waals surface area (Å²) in [5, 5.41) is 0. The van der Waals surface area contributed by atoms with E-state index in [1.165, 1.54) is 12.1 Å². The van der Waals surface area contributed by atoms with Gasteiger partial charge in [0.25, 0.3) is 0 Å². The van der Waals surface area contributed by atoms with Crippen molar-refractivity contribution in [1.82, 2.24) is 0 Å². The van der Waals surface area contributed by atoms with Crippen LogP contribution in [0.15, 0.2) is 18.2 Å². The highest BCUT2D eigenvalue weighted by molar-refractivity contribution is 7.79. The van der Waals surface area contributed by atoms with Gasteiger partial charge in [-0.1, -0.05) is 6.07 Å². The van der Waals surface area contributed by atoms with Crippen molar-refractivity contribution in [2.45, 2.75) is 24.8 Å². The van der Waals surface area contributed by atoms with E-state index in [1.807, 2.05) is 4.90 Å². The molecule has 1 aliphatic heterocycles. The third kappa shape index (κ3) is 2.70. The minimum Gasteiger partial charge on any atom is -0.371 e. The van der Waals surface area contributed by atoms with Crippen molar-refractivity contribution >= 4 is 18.3 Å². The van der Waals surface area contributed by atoms with Crippen LogP contribution in [0.25, 0.3) is 0 Å². The molecule has 0 amide bonds. The van der Waals surface area contributed by atoms with Crippen LogP contribution in [0.4, 0.5) is 18.9 Å². The van der Waals surface area contributed by atoms with Crippen LogP contribution in [-0.2, 0) is 11.9 Å². The van der Waals surface area contributed by atoms with E-state index < -0.39 is 11.7 Å². The second-order valence-corrected chi connectivity index (χ2v) is 4.51. The number of nitrogens with zero attached hydrogens (tertiary/aromatic N) is 1. The first kappa shape index (κ1) is 12.6. The Bertz CT molecular complexity index is 397. The summed E-state index contributed by atoms with van der Waals surface area (Å²) in [6.07, 6.45) is -2.19. The Balaban J connectivity index is 2.39. The van der Waals surface area contributed by atoms with Crippen molar-refractivity contribution in [2.75, 3.05) is 18.0 Å². The molecule has 5 heteroatoms. The van der Waals surface area contributed by atoms with Gasteiger partial charge < -0.3 is 4.90 Å². The van der Waals surface area contributed by atoms with Crippen LogP contribution in [0.3, 0.4) is 0 Å². The summed E-state index contributed by atoms with van der Waals surface area (Å²) < 4.78 is 38.0. The second-order valence-electron chi connectivity index (χ2n) is 4.19. The number of halogens is 3. The molecule has 0 aromatic heterocycles. The normalized spacial score (nSPS) is 16.6. The number of anilines is 1. The molecule has 0 N–H and O–H groups in total. The van der Waals surface area contributed by atoms with E-state index in [0.29, 0.717) is 11.4 Å².